The Kier molecular flexibility index (Phi) is 4.60. The van der Waals surface area contributed by atoms with Crippen molar-refractivity contribution in [1.82, 2.24) is 10.4 Å². The lowest BCUT2D eigenvalue weighted by atomic mass is 10.1. The van der Waals surface area contributed by atoms with Crippen molar-refractivity contribution in [3.8, 4) is 11.8 Å². The third kappa shape index (κ3) is 3.11. The van der Waals surface area contributed by atoms with E-state index in [1.165, 1.54) is 0 Å². The largest absolute Gasteiger partial charge is 0.271 e. The van der Waals surface area contributed by atoms with Crippen LogP contribution in [0.25, 0.3) is 0 Å². The fraction of sp³-hybridized carbons (Fsp3) is 0.500. The molecule has 0 fully saturated rings. The molecule has 1 heterocycles. The van der Waals surface area contributed by atoms with Gasteiger partial charge in [-0.15, -0.1) is 23.2 Å². The molecule has 0 aliphatic rings. The normalized spacial score (nSPS) is 11.9. The van der Waals surface area contributed by atoms with Gasteiger partial charge < -0.3 is 0 Å². The van der Waals surface area contributed by atoms with Crippen molar-refractivity contribution in [3.63, 3.8) is 0 Å². The Bertz CT molecular complexity index is 335. The van der Waals surface area contributed by atoms with E-state index in [-0.39, 0.29) is 6.04 Å². The highest BCUT2D eigenvalue weighted by Crippen LogP contribution is 2.19. The molecule has 1 aromatic heterocycles. The standard InChI is InChI=1S/C10H15N3S/c1-3-4-5-6-9(13-11)10-7-14-8(2)12-10/h7,9,13H,5-6,11H2,1-2H3. The SMILES string of the molecule is CC#CCCC(NN)c1csc(C)n1. The maximum Gasteiger partial charge on any atom is 0.0898 e. The van der Waals surface area contributed by atoms with Crippen LogP contribution in [0.5, 0.6) is 0 Å². The predicted molar refractivity (Wildman–Crippen MR) is 59.6 cm³/mol. The monoisotopic (exact) mass is 209 g/mol. The number of hydrazine groups is 1. The molecule has 76 valence electrons. The molecule has 3 nitrogen and oxygen atoms in total. The summed E-state index contributed by atoms with van der Waals surface area (Å²) in [5, 5.41) is 3.11. The average Bonchev–Trinajstić information content (AvgIpc) is 2.60. The van der Waals surface area contributed by atoms with E-state index in [0.29, 0.717) is 0 Å². The minimum atomic E-state index is 0.126. The highest BCUT2D eigenvalue weighted by Gasteiger charge is 2.11. The first-order valence-electron chi connectivity index (χ1n) is 4.55. The lowest BCUT2D eigenvalue weighted by Crippen LogP contribution is -2.28. The van der Waals surface area contributed by atoms with Gasteiger partial charge in [-0.05, 0) is 20.3 Å². The first kappa shape index (κ1) is 11.2. The third-order valence-corrected chi connectivity index (χ3v) is 2.72. The van der Waals surface area contributed by atoms with E-state index in [0.717, 1.165) is 23.5 Å². The van der Waals surface area contributed by atoms with Crippen LogP contribution in [0, 0.1) is 18.8 Å². The molecule has 0 bridgehead atoms. The Labute approximate surface area is 88.7 Å². The van der Waals surface area contributed by atoms with Crippen LogP contribution in [0.4, 0.5) is 0 Å². The van der Waals surface area contributed by atoms with E-state index >= 15 is 0 Å². The smallest absolute Gasteiger partial charge is 0.0898 e. The van der Waals surface area contributed by atoms with Crippen LogP contribution in [-0.4, -0.2) is 4.98 Å². The van der Waals surface area contributed by atoms with Gasteiger partial charge in [0.15, 0.2) is 0 Å². The van der Waals surface area contributed by atoms with Crippen molar-refractivity contribution in [2.45, 2.75) is 32.7 Å². The van der Waals surface area contributed by atoms with Gasteiger partial charge in [0.25, 0.3) is 0 Å². The minimum Gasteiger partial charge on any atom is -0.271 e. The van der Waals surface area contributed by atoms with E-state index in [9.17, 15) is 0 Å². The Morgan fingerprint density at radius 2 is 2.50 bits per heavy atom. The van der Waals surface area contributed by atoms with Gasteiger partial charge in [0, 0.05) is 11.8 Å². The number of nitrogens with two attached hydrogens (primary N) is 1. The first-order chi connectivity index (χ1) is 6.77. The molecule has 1 aromatic rings. The maximum absolute atomic E-state index is 5.46. The predicted octanol–water partition coefficient (Wildman–Crippen LogP) is 1.76. The van der Waals surface area contributed by atoms with Crippen molar-refractivity contribution in [3.05, 3.63) is 16.1 Å². The summed E-state index contributed by atoms with van der Waals surface area (Å²) >= 11 is 1.64. The molecule has 0 aliphatic heterocycles. The van der Waals surface area contributed by atoms with Crippen LogP contribution < -0.4 is 11.3 Å². The van der Waals surface area contributed by atoms with Crippen LogP contribution >= 0.6 is 11.3 Å². The molecule has 14 heavy (non-hydrogen) atoms. The number of hydrogen-bond acceptors (Lipinski definition) is 4. The van der Waals surface area contributed by atoms with Crippen molar-refractivity contribution >= 4 is 11.3 Å². The molecular formula is C10H15N3S. The van der Waals surface area contributed by atoms with Crippen molar-refractivity contribution in [2.24, 2.45) is 5.84 Å². The summed E-state index contributed by atoms with van der Waals surface area (Å²) in [6, 6.07) is 0.126. The second kappa shape index (κ2) is 5.76. The summed E-state index contributed by atoms with van der Waals surface area (Å²) in [5.41, 5.74) is 3.79. The van der Waals surface area contributed by atoms with Crippen LogP contribution in [-0.2, 0) is 0 Å². The van der Waals surface area contributed by atoms with Gasteiger partial charge in [-0.1, -0.05) is 0 Å². The lowest BCUT2D eigenvalue weighted by molar-refractivity contribution is 0.513. The number of rotatable bonds is 4. The fourth-order valence-corrected chi connectivity index (χ4v) is 1.86. The first-order valence-corrected chi connectivity index (χ1v) is 5.43. The molecule has 0 saturated carbocycles. The molecule has 0 radical (unpaired) electrons. The van der Waals surface area contributed by atoms with Crippen molar-refractivity contribution in [1.29, 1.82) is 0 Å². The summed E-state index contributed by atoms with van der Waals surface area (Å²) in [6.07, 6.45) is 1.75. The van der Waals surface area contributed by atoms with E-state index in [2.05, 4.69) is 22.3 Å². The lowest BCUT2D eigenvalue weighted by Gasteiger charge is -2.10. The van der Waals surface area contributed by atoms with Crippen LogP contribution in [0.15, 0.2) is 5.38 Å². The van der Waals surface area contributed by atoms with Gasteiger partial charge in [0.2, 0.25) is 0 Å². The number of nitrogens with one attached hydrogen (secondary N) is 1. The Balaban J connectivity index is 2.56. The van der Waals surface area contributed by atoms with Gasteiger partial charge in [0.05, 0.1) is 16.7 Å². The summed E-state index contributed by atoms with van der Waals surface area (Å²) in [7, 11) is 0. The average molecular weight is 209 g/mol. The van der Waals surface area contributed by atoms with E-state index < -0.39 is 0 Å². The topological polar surface area (TPSA) is 50.9 Å². The summed E-state index contributed by atoms with van der Waals surface area (Å²) in [4.78, 5) is 4.39. The zero-order chi connectivity index (χ0) is 10.4. The number of aryl methyl sites for hydroxylation is 1. The van der Waals surface area contributed by atoms with E-state index in [4.69, 9.17) is 5.84 Å². The van der Waals surface area contributed by atoms with E-state index in [1.54, 1.807) is 11.3 Å². The van der Waals surface area contributed by atoms with E-state index in [1.807, 2.05) is 19.2 Å². The maximum atomic E-state index is 5.46. The van der Waals surface area contributed by atoms with Gasteiger partial charge in [0.1, 0.15) is 0 Å². The fourth-order valence-electron chi connectivity index (χ4n) is 1.20. The van der Waals surface area contributed by atoms with Gasteiger partial charge in [-0.25, -0.2) is 4.98 Å². The Morgan fingerprint density at radius 3 is 3.00 bits per heavy atom. The molecule has 1 atom stereocenters. The second-order valence-corrected chi connectivity index (χ2v) is 4.04. The zero-order valence-electron chi connectivity index (χ0n) is 8.50. The molecule has 0 spiro atoms. The summed E-state index contributed by atoms with van der Waals surface area (Å²) in [5.74, 6) is 11.3. The molecule has 0 aromatic carbocycles. The second-order valence-electron chi connectivity index (χ2n) is 2.98. The Hall–Kier alpha value is -0.890. The summed E-state index contributed by atoms with van der Waals surface area (Å²) in [6.45, 7) is 3.84. The van der Waals surface area contributed by atoms with Crippen LogP contribution in [0.2, 0.25) is 0 Å². The van der Waals surface area contributed by atoms with Gasteiger partial charge in [-0.3, -0.25) is 11.3 Å². The quantitative estimate of drug-likeness (QED) is 0.451. The molecule has 0 amide bonds. The molecular weight excluding hydrogens is 194 g/mol. The number of aromatic nitrogens is 1. The Morgan fingerprint density at radius 1 is 1.71 bits per heavy atom. The number of hydrogen-bond donors (Lipinski definition) is 2. The van der Waals surface area contributed by atoms with Crippen LogP contribution in [0.1, 0.15) is 36.5 Å². The van der Waals surface area contributed by atoms with Gasteiger partial charge in [-0.2, -0.15) is 0 Å². The van der Waals surface area contributed by atoms with Crippen molar-refractivity contribution < 1.29 is 0 Å². The molecule has 0 saturated heterocycles. The number of thiazole rings is 1. The molecule has 3 N–H and O–H groups in total. The van der Waals surface area contributed by atoms with Gasteiger partial charge >= 0.3 is 0 Å². The number of nitrogens with zero attached hydrogens (tertiary/aromatic N) is 1. The molecule has 0 aliphatic carbocycles. The third-order valence-electron chi connectivity index (χ3n) is 1.93. The molecule has 1 rings (SSSR count). The minimum absolute atomic E-state index is 0.126. The van der Waals surface area contributed by atoms with Crippen LogP contribution in [0.3, 0.4) is 0 Å². The molecule has 1 unspecified atom stereocenters. The highest BCUT2D eigenvalue weighted by molar-refractivity contribution is 7.09. The van der Waals surface area contributed by atoms with Crippen molar-refractivity contribution in [2.75, 3.05) is 0 Å². The summed E-state index contributed by atoms with van der Waals surface area (Å²) < 4.78 is 0. The molecule has 4 heteroatoms. The highest BCUT2D eigenvalue weighted by atomic mass is 32.1. The zero-order valence-corrected chi connectivity index (χ0v) is 9.32.